The van der Waals surface area contributed by atoms with Crippen LogP contribution in [0.3, 0.4) is 0 Å². The van der Waals surface area contributed by atoms with Crippen LogP contribution in [0.2, 0.25) is 0 Å². The lowest BCUT2D eigenvalue weighted by Crippen LogP contribution is -2.08. The maximum atomic E-state index is 3.99. The van der Waals surface area contributed by atoms with Gasteiger partial charge >= 0.3 is 0 Å². The summed E-state index contributed by atoms with van der Waals surface area (Å²) in [4.78, 5) is 3.99. The van der Waals surface area contributed by atoms with Crippen LogP contribution < -0.4 is 5.32 Å². The molecule has 10 heavy (non-hydrogen) atoms. The van der Waals surface area contributed by atoms with E-state index in [0.717, 1.165) is 25.2 Å². The monoisotopic (exact) mass is 140 g/mol. The van der Waals surface area contributed by atoms with Crippen LogP contribution in [-0.4, -0.2) is 28.8 Å². The minimum atomic E-state index is 0.968. The molecule has 1 rings (SSSR count). The summed E-state index contributed by atoms with van der Waals surface area (Å²) in [7, 11) is 1.94. The molecule has 0 saturated heterocycles. The predicted molar refractivity (Wildman–Crippen MR) is 38.6 cm³/mol. The Labute approximate surface area is 60.1 Å². The fraction of sp³-hybridized carbons (Fsp3) is 0.667. The molecule has 4 heteroatoms. The van der Waals surface area contributed by atoms with Crippen molar-refractivity contribution in [2.45, 2.75) is 12.8 Å². The van der Waals surface area contributed by atoms with Crippen LogP contribution in [0.25, 0.3) is 0 Å². The van der Waals surface area contributed by atoms with Gasteiger partial charge in [-0.2, -0.15) is 5.10 Å². The van der Waals surface area contributed by atoms with Crippen molar-refractivity contribution in [2.75, 3.05) is 13.6 Å². The molecular formula is C6H12N4. The van der Waals surface area contributed by atoms with Crippen molar-refractivity contribution < 1.29 is 0 Å². The van der Waals surface area contributed by atoms with Crippen LogP contribution >= 0.6 is 0 Å². The van der Waals surface area contributed by atoms with E-state index in [1.165, 1.54) is 6.33 Å². The minimum absolute atomic E-state index is 0.968. The van der Waals surface area contributed by atoms with Gasteiger partial charge in [0.2, 0.25) is 0 Å². The van der Waals surface area contributed by atoms with E-state index < -0.39 is 0 Å². The molecule has 0 bridgehead atoms. The Morgan fingerprint density at radius 3 is 3.20 bits per heavy atom. The molecule has 2 N–H and O–H groups in total. The maximum absolute atomic E-state index is 3.99. The number of hydrogen-bond donors (Lipinski definition) is 2. The van der Waals surface area contributed by atoms with E-state index in [9.17, 15) is 0 Å². The Morgan fingerprint density at radius 2 is 2.60 bits per heavy atom. The second kappa shape index (κ2) is 4.00. The zero-order valence-electron chi connectivity index (χ0n) is 6.09. The Morgan fingerprint density at radius 1 is 1.70 bits per heavy atom. The average Bonchev–Trinajstić information content (AvgIpc) is 2.41. The summed E-state index contributed by atoms with van der Waals surface area (Å²) in [5.41, 5.74) is 0. The molecule has 4 nitrogen and oxygen atoms in total. The van der Waals surface area contributed by atoms with Crippen LogP contribution in [-0.2, 0) is 6.42 Å². The number of H-pyrrole nitrogens is 1. The first kappa shape index (κ1) is 7.21. The van der Waals surface area contributed by atoms with Crippen LogP contribution in [0.5, 0.6) is 0 Å². The van der Waals surface area contributed by atoms with E-state index >= 15 is 0 Å². The van der Waals surface area contributed by atoms with Crippen LogP contribution in [0.4, 0.5) is 0 Å². The first-order valence-corrected chi connectivity index (χ1v) is 3.42. The predicted octanol–water partition coefficient (Wildman–Crippen LogP) is -0.0433. The van der Waals surface area contributed by atoms with E-state index in [0.29, 0.717) is 0 Å². The Balaban J connectivity index is 2.15. The molecule has 0 aliphatic heterocycles. The second-order valence-corrected chi connectivity index (χ2v) is 2.14. The van der Waals surface area contributed by atoms with Crippen molar-refractivity contribution in [1.82, 2.24) is 20.5 Å². The first-order valence-electron chi connectivity index (χ1n) is 3.42. The summed E-state index contributed by atoms with van der Waals surface area (Å²) in [6, 6.07) is 0. The van der Waals surface area contributed by atoms with Gasteiger partial charge in [0.05, 0.1) is 0 Å². The van der Waals surface area contributed by atoms with Gasteiger partial charge in [-0.3, -0.25) is 5.10 Å². The van der Waals surface area contributed by atoms with E-state index in [4.69, 9.17) is 0 Å². The number of aromatic amines is 1. The van der Waals surface area contributed by atoms with Crippen molar-refractivity contribution in [3.8, 4) is 0 Å². The van der Waals surface area contributed by atoms with Crippen molar-refractivity contribution in [1.29, 1.82) is 0 Å². The number of hydrogen-bond acceptors (Lipinski definition) is 3. The highest BCUT2D eigenvalue weighted by molar-refractivity contribution is 4.79. The Hall–Kier alpha value is -0.900. The van der Waals surface area contributed by atoms with Crippen LogP contribution in [0.15, 0.2) is 6.33 Å². The molecule has 0 aromatic carbocycles. The minimum Gasteiger partial charge on any atom is -0.320 e. The quantitative estimate of drug-likeness (QED) is 0.577. The Bertz CT molecular complexity index is 158. The van der Waals surface area contributed by atoms with Crippen LogP contribution in [0.1, 0.15) is 12.2 Å². The van der Waals surface area contributed by atoms with Gasteiger partial charge in [-0.25, -0.2) is 4.98 Å². The highest BCUT2D eigenvalue weighted by atomic mass is 15.2. The fourth-order valence-electron chi connectivity index (χ4n) is 0.784. The molecular weight excluding hydrogens is 128 g/mol. The zero-order valence-corrected chi connectivity index (χ0v) is 6.09. The average molecular weight is 140 g/mol. The van der Waals surface area contributed by atoms with E-state index in [2.05, 4.69) is 20.5 Å². The van der Waals surface area contributed by atoms with Crippen LogP contribution in [0, 0.1) is 0 Å². The fourth-order valence-corrected chi connectivity index (χ4v) is 0.784. The third kappa shape index (κ3) is 2.14. The number of nitrogens with zero attached hydrogens (tertiary/aromatic N) is 2. The first-order chi connectivity index (χ1) is 4.93. The molecule has 0 atom stereocenters. The maximum Gasteiger partial charge on any atom is 0.137 e. The largest absolute Gasteiger partial charge is 0.320 e. The van der Waals surface area contributed by atoms with Crippen molar-refractivity contribution in [3.05, 3.63) is 12.2 Å². The van der Waals surface area contributed by atoms with Crippen molar-refractivity contribution in [2.24, 2.45) is 0 Å². The van der Waals surface area contributed by atoms with E-state index in [-0.39, 0.29) is 0 Å². The third-order valence-corrected chi connectivity index (χ3v) is 1.31. The summed E-state index contributed by atoms with van der Waals surface area (Å²) in [5.74, 6) is 0.968. The Kier molecular flexibility index (Phi) is 2.89. The molecule has 1 aromatic heterocycles. The lowest BCUT2D eigenvalue weighted by molar-refractivity contribution is 0.704. The summed E-state index contributed by atoms with van der Waals surface area (Å²) >= 11 is 0. The van der Waals surface area contributed by atoms with Gasteiger partial charge in [-0.15, -0.1) is 0 Å². The summed E-state index contributed by atoms with van der Waals surface area (Å²) in [6.07, 6.45) is 3.61. The number of aromatic nitrogens is 3. The van der Waals surface area contributed by atoms with Gasteiger partial charge < -0.3 is 5.32 Å². The van der Waals surface area contributed by atoms with Gasteiger partial charge in [0.15, 0.2) is 0 Å². The smallest absolute Gasteiger partial charge is 0.137 e. The van der Waals surface area contributed by atoms with Gasteiger partial charge in [-0.05, 0) is 20.0 Å². The van der Waals surface area contributed by atoms with Gasteiger partial charge in [0, 0.05) is 6.42 Å². The summed E-state index contributed by atoms with van der Waals surface area (Å²) in [6.45, 7) is 1.03. The lowest BCUT2D eigenvalue weighted by Gasteiger charge is -1.94. The molecule has 0 amide bonds. The zero-order chi connectivity index (χ0) is 7.23. The van der Waals surface area contributed by atoms with E-state index in [1.54, 1.807) is 0 Å². The van der Waals surface area contributed by atoms with E-state index in [1.807, 2.05) is 7.05 Å². The third-order valence-electron chi connectivity index (χ3n) is 1.31. The van der Waals surface area contributed by atoms with Gasteiger partial charge in [0.1, 0.15) is 12.2 Å². The molecule has 0 spiro atoms. The number of aryl methyl sites for hydroxylation is 1. The molecule has 0 unspecified atom stereocenters. The molecule has 56 valence electrons. The molecule has 1 aromatic rings. The molecule has 1 heterocycles. The highest BCUT2D eigenvalue weighted by Gasteiger charge is 1.92. The molecule has 0 aliphatic carbocycles. The molecule has 0 saturated carbocycles. The topological polar surface area (TPSA) is 53.6 Å². The standard InChI is InChI=1S/C6H12N4/c1-7-4-2-3-6-8-5-9-10-6/h5,7H,2-4H2,1H3,(H,8,9,10). The highest BCUT2D eigenvalue weighted by Crippen LogP contribution is 1.90. The lowest BCUT2D eigenvalue weighted by atomic mass is 10.3. The normalized spacial score (nSPS) is 10.1. The van der Waals surface area contributed by atoms with Crippen molar-refractivity contribution >= 4 is 0 Å². The number of rotatable bonds is 4. The summed E-state index contributed by atoms with van der Waals surface area (Å²) in [5, 5.41) is 9.62. The molecule has 0 fully saturated rings. The SMILES string of the molecule is CNCCCc1ncn[nH]1. The molecule has 0 aliphatic rings. The van der Waals surface area contributed by atoms with Gasteiger partial charge in [-0.1, -0.05) is 0 Å². The summed E-state index contributed by atoms with van der Waals surface area (Å²) < 4.78 is 0. The second-order valence-electron chi connectivity index (χ2n) is 2.14. The van der Waals surface area contributed by atoms with Crippen molar-refractivity contribution in [3.63, 3.8) is 0 Å². The molecule has 0 radical (unpaired) electrons. The number of nitrogens with one attached hydrogen (secondary N) is 2. The van der Waals surface area contributed by atoms with Gasteiger partial charge in [0.25, 0.3) is 0 Å².